The highest BCUT2D eigenvalue weighted by Crippen LogP contribution is 2.32. The molecule has 2 rings (SSSR count). The summed E-state index contributed by atoms with van der Waals surface area (Å²) in [6.07, 6.45) is 0. The van der Waals surface area contributed by atoms with Crippen molar-refractivity contribution in [1.29, 1.82) is 0 Å². The Balaban J connectivity index is 2.30. The van der Waals surface area contributed by atoms with Crippen LogP contribution in [0.4, 0.5) is 0 Å². The van der Waals surface area contributed by atoms with E-state index in [1.807, 2.05) is 20.0 Å². The van der Waals surface area contributed by atoms with Crippen LogP contribution in [0.3, 0.4) is 0 Å². The minimum absolute atomic E-state index is 0.436. The topological polar surface area (TPSA) is 49.4 Å². The van der Waals surface area contributed by atoms with Crippen LogP contribution in [0.15, 0.2) is 11.0 Å². The molecule has 1 aliphatic rings. The van der Waals surface area contributed by atoms with Crippen molar-refractivity contribution >= 4 is 21.4 Å². The average Bonchev–Trinajstić information content (AvgIpc) is 2.85. The standard InChI is InChI=1S/C13H22N2O2S2/c1-9-7-15(8-10(9)2)19(16,17)13-5-12(6-14-4)18-11(13)3/h5,9-10,14H,6-8H2,1-4H3. The molecule has 2 atom stereocenters. The van der Waals surface area contributed by atoms with Crippen molar-refractivity contribution in [3.8, 4) is 0 Å². The van der Waals surface area contributed by atoms with Gasteiger partial charge < -0.3 is 5.32 Å². The number of hydrogen-bond acceptors (Lipinski definition) is 4. The zero-order valence-corrected chi connectivity index (χ0v) is 13.6. The van der Waals surface area contributed by atoms with Crippen molar-refractivity contribution < 1.29 is 8.42 Å². The molecule has 1 fully saturated rings. The number of sulfonamides is 1. The lowest BCUT2D eigenvalue weighted by Gasteiger charge is -2.15. The van der Waals surface area contributed by atoms with E-state index in [1.54, 1.807) is 15.6 Å². The fourth-order valence-corrected chi connectivity index (χ4v) is 5.71. The smallest absolute Gasteiger partial charge is 0.244 e. The van der Waals surface area contributed by atoms with Gasteiger partial charge in [0.2, 0.25) is 10.0 Å². The third-order valence-electron chi connectivity index (χ3n) is 3.85. The maximum Gasteiger partial charge on any atom is 0.244 e. The van der Waals surface area contributed by atoms with Crippen molar-refractivity contribution in [1.82, 2.24) is 9.62 Å². The van der Waals surface area contributed by atoms with Crippen LogP contribution in [0, 0.1) is 18.8 Å². The van der Waals surface area contributed by atoms with E-state index in [2.05, 4.69) is 19.2 Å². The third-order valence-corrected chi connectivity index (χ3v) is 6.98. The molecular formula is C13H22N2O2S2. The van der Waals surface area contributed by atoms with Crippen molar-refractivity contribution in [2.75, 3.05) is 20.1 Å². The molecule has 0 saturated carbocycles. The number of nitrogens with zero attached hydrogens (tertiary/aromatic N) is 1. The second kappa shape index (κ2) is 5.52. The third kappa shape index (κ3) is 2.86. The van der Waals surface area contributed by atoms with Gasteiger partial charge in [0.1, 0.15) is 0 Å². The summed E-state index contributed by atoms with van der Waals surface area (Å²) in [5.74, 6) is 0.871. The highest BCUT2D eigenvalue weighted by Gasteiger charge is 2.36. The van der Waals surface area contributed by atoms with Gasteiger partial charge in [0.15, 0.2) is 0 Å². The number of aryl methyl sites for hydroxylation is 1. The van der Waals surface area contributed by atoms with E-state index in [9.17, 15) is 8.42 Å². The first kappa shape index (κ1) is 15.0. The number of hydrogen-bond donors (Lipinski definition) is 1. The first-order chi connectivity index (χ1) is 8.86. The summed E-state index contributed by atoms with van der Waals surface area (Å²) in [6.45, 7) is 8.12. The van der Waals surface area contributed by atoms with Gasteiger partial charge in [-0.3, -0.25) is 0 Å². The molecule has 2 heterocycles. The Kier molecular flexibility index (Phi) is 4.35. The second-order valence-corrected chi connectivity index (χ2v) is 8.69. The van der Waals surface area contributed by atoms with Crippen molar-refractivity contribution in [3.05, 3.63) is 15.8 Å². The lowest BCUT2D eigenvalue weighted by molar-refractivity contribution is 0.463. The van der Waals surface area contributed by atoms with Crippen LogP contribution in [-0.2, 0) is 16.6 Å². The van der Waals surface area contributed by atoms with Crippen LogP contribution in [0.25, 0.3) is 0 Å². The van der Waals surface area contributed by atoms with Gasteiger partial charge in [0.25, 0.3) is 0 Å². The Morgan fingerprint density at radius 2 is 1.95 bits per heavy atom. The summed E-state index contributed by atoms with van der Waals surface area (Å²) in [4.78, 5) is 2.44. The van der Waals surface area contributed by atoms with E-state index >= 15 is 0 Å². The van der Waals surface area contributed by atoms with Crippen LogP contribution < -0.4 is 5.32 Å². The molecular weight excluding hydrogens is 280 g/mol. The normalized spacial score (nSPS) is 25.1. The Morgan fingerprint density at radius 3 is 2.47 bits per heavy atom. The van der Waals surface area contributed by atoms with Crippen LogP contribution in [0.5, 0.6) is 0 Å². The Hall–Kier alpha value is -0.430. The van der Waals surface area contributed by atoms with Crippen molar-refractivity contribution in [2.45, 2.75) is 32.2 Å². The summed E-state index contributed by atoms with van der Waals surface area (Å²) >= 11 is 1.56. The molecule has 2 unspecified atom stereocenters. The lowest BCUT2D eigenvalue weighted by Crippen LogP contribution is -2.29. The van der Waals surface area contributed by atoms with Gasteiger partial charge in [-0.15, -0.1) is 11.3 Å². The highest BCUT2D eigenvalue weighted by atomic mass is 32.2. The largest absolute Gasteiger partial charge is 0.315 e. The molecule has 19 heavy (non-hydrogen) atoms. The summed E-state index contributed by atoms with van der Waals surface area (Å²) in [5.41, 5.74) is 0. The average molecular weight is 302 g/mol. The highest BCUT2D eigenvalue weighted by molar-refractivity contribution is 7.89. The number of nitrogens with one attached hydrogen (secondary N) is 1. The molecule has 1 aliphatic heterocycles. The zero-order chi connectivity index (χ0) is 14.2. The fourth-order valence-electron chi connectivity index (χ4n) is 2.45. The Bertz CT molecular complexity index is 541. The molecule has 108 valence electrons. The summed E-state index contributed by atoms with van der Waals surface area (Å²) in [6, 6.07) is 1.82. The lowest BCUT2D eigenvalue weighted by atomic mass is 10.0. The maximum absolute atomic E-state index is 12.7. The van der Waals surface area contributed by atoms with E-state index in [-0.39, 0.29) is 0 Å². The monoisotopic (exact) mass is 302 g/mol. The van der Waals surface area contributed by atoms with E-state index in [1.165, 1.54) is 0 Å². The molecule has 4 nitrogen and oxygen atoms in total. The minimum Gasteiger partial charge on any atom is -0.315 e. The van der Waals surface area contributed by atoms with Gasteiger partial charge in [-0.2, -0.15) is 4.31 Å². The van der Waals surface area contributed by atoms with Gasteiger partial charge >= 0.3 is 0 Å². The predicted octanol–water partition coefficient (Wildman–Crippen LogP) is 2.05. The molecule has 1 aromatic heterocycles. The molecule has 0 aromatic carbocycles. The van der Waals surface area contributed by atoms with Crippen LogP contribution in [0.2, 0.25) is 0 Å². The fraction of sp³-hybridized carbons (Fsp3) is 0.692. The molecule has 0 spiro atoms. The van der Waals surface area contributed by atoms with Crippen LogP contribution in [0.1, 0.15) is 23.6 Å². The molecule has 1 N–H and O–H groups in total. The molecule has 0 bridgehead atoms. The van der Waals surface area contributed by atoms with Gasteiger partial charge in [-0.1, -0.05) is 13.8 Å². The Morgan fingerprint density at radius 1 is 1.37 bits per heavy atom. The predicted molar refractivity (Wildman–Crippen MR) is 78.9 cm³/mol. The molecule has 1 aromatic rings. The van der Waals surface area contributed by atoms with Crippen molar-refractivity contribution in [2.24, 2.45) is 11.8 Å². The first-order valence-electron chi connectivity index (χ1n) is 6.60. The van der Waals surface area contributed by atoms with Gasteiger partial charge in [-0.05, 0) is 31.9 Å². The van der Waals surface area contributed by atoms with Gasteiger partial charge in [0, 0.05) is 29.4 Å². The van der Waals surface area contributed by atoms with E-state index in [0.717, 1.165) is 9.75 Å². The summed E-state index contributed by atoms with van der Waals surface area (Å²) in [5, 5.41) is 3.06. The summed E-state index contributed by atoms with van der Waals surface area (Å²) < 4.78 is 27.0. The SMILES string of the molecule is CNCc1cc(S(=O)(=O)N2CC(C)C(C)C2)c(C)s1. The quantitative estimate of drug-likeness (QED) is 0.926. The van der Waals surface area contributed by atoms with Crippen molar-refractivity contribution in [3.63, 3.8) is 0 Å². The second-order valence-electron chi connectivity index (χ2n) is 5.44. The van der Waals surface area contributed by atoms with E-state index < -0.39 is 10.0 Å². The van der Waals surface area contributed by atoms with Crippen LogP contribution >= 0.6 is 11.3 Å². The minimum atomic E-state index is -3.32. The van der Waals surface area contributed by atoms with Crippen LogP contribution in [-0.4, -0.2) is 32.9 Å². The first-order valence-corrected chi connectivity index (χ1v) is 8.86. The van der Waals surface area contributed by atoms with E-state index in [4.69, 9.17) is 0 Å². The number of rotatable bonds is 4. The molecule has 0 radical (unpaired) electrons. The molecule has 6 heteroatoms. The zero-order valence-electron chi connectivity index (χ0n) is 11.9. The molecule has 0 amide bonds. The van der Waals surface area contributed by atoms with Gasteiger partial charge in [-0.25, -0.2) is 8.42 Å². The molecule has 0 aliphatic carbocycles. The van der Waals surface area contributed by atoms with Gasteiger partial charge in [0.05, 0.1) is 4.90 Å². The Labute approximate surface area is 119 Å². The number of thiophene rings is 1. The maximum atomic E-state index is 12.7. The molecule has 1 saturated heterocycles. The summed E-state index contributed by atoms with van der Waals surface area (Å²) in [7, 11) is -1.45. The van der Waals surface area contributed by atoms with E-state index in [0.29, 0.717) is 36.4 Å².